The van der Waals surface area contributed by atoms with Gasteiger partial charge in [0.2, 0.25) is 5.91 Å². The Morgan fingerprint density at radius 3 is 2.52 bits per heavy atom. The molecule has 1 unspecified atom stereocenters. The van der Waals surface area contributed by atoms with Gasteiger partial charge in [-0.3, -0.25) is 9.59 Å². The second-order valence-corrected chi connectivity index (χ2v) is 6.31. The molecular formula is C20H23N3O2. The highest BCUT2D eigenvalue weighted by molar-refractivity contribution is 5.97. The Kier molecular flexibility index (Phi) is 5.33. The summed E-state index contributed by atoms with van der Waals surface area (Å²) in [7, 11) is 0. The predicted molar refractivity (Wildman–Crippen MR) is 98.1 cm³/mol. The van der Waals surface area contributed by atoms with Crippen LogP contribution in [0, 0.1) is 0 Å². The minimum absolute atomic E-state index is 0.0720. The van der Waals surface area contributed by atoms with Crippen LogP contribution in [-0.4, -0.2) is 35.8 Å². The van der Waals surface area contributed by atoms with Crippen LogP contribution in [0.15, 0.2) is 54.6 Å². The van der Waals surface area contributed by atoms with E-state index in [9.17, 15) is 9.59 Å². The number of benzene rings is 2. The van der Waals surface area contributed by atoms with Crippen molar-refractivity contribution >= 4 is 17.5 Å². The zero-order valence-corrected chi connectivity index (χ0v) is 14.2. The van der Waals surface area contributed by atoms with Crippen LogP contribution in [0.4, 0.5) is 5.69 Å². The topological polar surface area (TPSA) is 75.4 Å². The Hall–Kier alpha value is -2.82. The Labute approximate surface area is 147 Å². The average molecular weight is 337 g/mol. The third-order valence-electron chi connectivity index (χ3n) is 4.53. The summed E-state index contributed by atoms with van der Waals surface area (Å²) in [5.74, 6) is -0.144. The maximum atomic E-state index is 12.6. The van der Waals surface area contributed by atoms with E-state index in [-0.39, 0.29) is 17.9 Å². The lowest BCUT2D eigenvalue weighted by Crippen LogP contribution is -2.46. The maximum absolute atomic E-state index is 12.6. The molecule has 5 heteroatoms. The van der Waals surface area contributed by atoms with Gasteiger partial charge < -0.3 is 16.0 Å². The van der Waals surface area contributed by atoms with Crippen molar-refractivity contribution in [3.05, 3.63) is 65.7 Å². The fourth-order valence-corrected chi connectivity index (χ4v) is 3.16. The third kappa shape index (κ3) is 4.18. The molecule has 0 spiro atoms. The van der Waals surface area contributed by atoms with Crippen molar-refractivity contribution in [2.45, 2.75) is 25.3 Å². The SMILES string of the molecule is Nc1ccc(CCNC(=O)C2CCCN2C(=O)c2ccccc2)cc1. The Morgan fingerprint density at radius 1 is 1.08 bits per heavy atom. The summed E-state index contributed by atoms with van der Waals surface area (Å²) in [6.45, 7) is 1.18. The summed E-state index contributed by atoms with van der Waals surface area (Å²) < 4.78 is 0. The van der Waals surface area contributed by atoms with E-state index >= 15 is 0 Å². The Bertz CT molecular complexity index is 728. The van der Waals surface area contributed by atoms with Crippen molar-refractivity contribution in [2.75, 3.05) is 18.8 Å². The van der Waals surface area contributed by atoms with E-state index in [0.29, 0.717) is 25.1 Å². The van der Waals surface area contributed by atoms with Crippen LogP contribution in [0.3, 0.4) is 0 Å². The molecule has 1 saturated heterocycles. The third-order valence-corrected chi connectivity index (χ3v) is 4.53. The van der Waals surface area contributed by atoms with Crippen LogP contribution < -0.4 is 11.1 Å². The van der Waals surface area contributed by atoms with Crippen LogP contribution in [-0.2, 0) is 11.2 Å². The van der Waals surface area contributed by atoms with Gasteiger partial charge in [-0.15, -0.1) is 0 Å². The normalized spacial score (nSPS) is 16.6. The summed E-state index contributed by atoms with van der Waals surface area (Å²) >= 11 is 0. The molecular weight excluding hydrogens is 314 g/mol. The number of likely N-dealkylation sites (tertiary alicyclic amines) is 1. The molecule has 1 aliphatic rings. The molecule has 0 aromatic heterocycles. The van der Waals surface area contributed by atoms with Gasteiger partial charge in [-0.25, -0.2) is 0 Å². The highest BCUT2D eigenvalue weighted by Crippen LogP contribution is 2.20. The number of nitrogens with zero attached hydrogens (tertiary/aromatic N) is 1. The van der Waals surface area contributed by atoms with Gasteiger partial charge in [-0.2, -0.15) is 0 Å². The van der Waals surface area contributed by atoms with Crippen molar-refractivity contribution in [1.29, 1.82) is 0 Å². The van der Waals surface area contributed by atoms with Crippen molar-refractivity contribution in [2.24, 2.45) is 0 Å². The van der Waals surface area contributed by atoms with Crippen molar-refractivity contribution in [3.63, 3.8) is 0 Å². The number of carbonyl (C=O) groups excluding carboxylic acids is 2. The summed E-state index contributed by atoms with van der Waals surface area (Å²) in [6.07, 6.45) is 2.31. The summed E-state index contributed by atoms with van der Waals surface area (Å²) in [5.41, 5.74) is 8.15. The lowest BCUT2D eigenvalue weighted by molar-refractivity contribution is -0.124. The number of hydrogen-bond donors (Lipinski definition) is 2. The molecule has 1 heterocycles. The van der Waals surface area contributed by atoms with Crippen LogP contribution in [0.1, 0.15) is 28.8 Å². The Morgan fingerprint density at radius 2 is 1.80 bits per heavy atom. The van der Waals surface area contributed by atoms with Gasteiger partial charge in [-0.05, 0) is 49.1 Å². The van der Waals surface area contributed by atoms with E-state index in [2.05, 4.69) is 5.32 Å². The Balaban J connectivity index is 1.55. The van der Waals surface area contributed by atoms with E-state index in [1.807, 2.05) is 42.5 Å². The van der Waals surface area contributed by atoms with E-state index in [0.717, 1.165) is 24.1 Å². The largest absolute Gasteiger partial charge is 0.399 e. The lowest BCUT2D eigenvalue weighted by Gasteiger charge is -2.24. The summed E-state index contributed by atoms with van der Waals surface area (Å²) in [5, 5.41) is 2.96. The molecule has 2 aromatic carbocycles. The molecule has 0 radical (unpaired) electrons. The van der Waals surface area contributed by atoms with E-state index in [1.165, 1.54) is 0 Å². The summed E-state index contributed by atoms with van der Waals surface area (Å²) in [4.78, 5) is 26.8. The number of carbonyl (C=O) groups is 2. The van der Waals surface area contributed by atoms with Crippen LogP contribution in [0.5, 0.6) is 0 Å². The van der Waals surface area contributed by atoms with Crippen molar-refractivity contribution in [1.82, 2.24) is 10.2 Å². The van der Waals surface area contributed by atoms with Gasteiger partial charge >= 0.3 is 0 Å². The monoisotopic (exact) mass is 337 g/mol. The number of hydrogen-bond acceptors (Lipinski definition) is 3. The second kappa shape index (κ2) is 7.83. The summed E-state index contributed by atoms with van der Waals surface area (Å²) in [6, 6.07) is 16.4. The number of nitrogens with two attached hydrogens (primary N) is 1. The second-order valence-electron chi connectivity index (χ2n) is 6.31. The molecule has 1 aliphatic heterocycles. The lowest BCUT2D eigenvalue weighted by atomic mass is 10.1. The molecule has 0 aliphatic carbocycles. The molecule has 5 nitrogen and oxygen atoms in total. The van der Waals surface area contributed by atoms with Gasteiger partial charge in [0.15, 0.2) is 0 Å². The fraction of sp³-hybridized carbons (Fsp3) is 0.300. The highest BCUT2D eigenvalue weighted by atomic mass is 16.2. The molecule has 0 bridgehead atoms. The first kappa shape index (κ1) is 17.0. The molecule has 130 valence electrons. The van der Waals surface area contributed by atoms with E-state index < -0.39 is 0 Å². The van der Waals surface area contributed by atoms with Crippen molar-refractivity contribution < 1.29 is 9.59 Å². The van der Waals surface area contributed by atoms with Gasteiger partial charge in [0.1, 0.15) is 6.04 Å². The number of nitrogen functional groups attached to an aromatic ring is 1. The molecule has 0 saturated carbocycles. The zero-order chi connectivity index (χ0) is 17.6. The van der Waals surface area contributed by atoms with Gasteiger partial charge in [0, 0.05) is 24.3 Å². The maximum Gasteiger partial charge on any atom is 0.254 e. The molecule has 1 fully saturated rings. The first-order valence-electron chi connectivity index (χ1n) is 8.63. The minimum atomic E-state index is -0.376. The number of nitrogens with one attached hydrogen (secondary N) is 1. The van der Waals surface area contributed by atoms with Gasteiger partial charge in [0.05, 0.1) is 0 Å². The molecule has 2 aromatic rings. The van der Waals surface area contributed by atoms with Crippen LogP contribution in [0.2, 0.25) is 0 Å². The average Bonchev–Trinajstić information content (AvgIpc) is 3.13. The van der Waals surface area contributed by atoms with E-state index in [1.54, 1.807) is 17.0 Å². The van der Waals surface area contributed by atoms with Crippen LogP contribution >= 0.6 is 0 Å². The van der Waals surface area contributed by atoms with Crippen molar-refractivity contribution in [3.8, 4) is 0 Å². The van der Waals surface area contributed by atoms with Gasteiger partial charge in [0.25, 0.3) is 5.91 Å². The fourth-order valence-electron chi connectivity index (χ4n) is 3.16. The number of rotatable bonds is 5. The highest BCUT2D eigenvalue weighted by Gasteiger charge is 2.34. The van der Waals surface area contributed by atoms with E-state index in [4.69, 9.17) is 5.73 Å². The quantitative estimate of drug-likeness (QED) is 0.822. The first-order chi connectivity index (χ1) is 12.1. The molecule has 2 amide bonds. The van der Waals surface area contributed by atoms with Gasteiger partial charge in [-0.1, -0.05) is 30.3 Å². The number of anilines is 1. The smallest absolute Gasteiger partial charge is 0.254 e. The molecule has 3 rings (SSSR count). The molecule has 25 heavy (non-hydrogen) atoms. The molecule has 1 atom stereocenters. The zero-order valence-electron chi connectivity index (χ0n) is 14.2. The number of amides is 2. The van der Waals surface area contributed by atoms with Crippen LogP contribution in [0.25, 0.3) is 0 Å². The minimum Gasteiger partial charge on any atom is -0.399 e. The first-order valence-corrected chi connectivity index (χ1v) is 8.63. The predicted octanol–water partition coefficient (Wildman–Crippen LogP) is 2.23. The standard InChI is InChI=1S/C20H23N3O2/c21-17-10-8-15(9-11-17)12-13-22-19(24)18-7-4-14-23(18)20(25)16-5-2-1-3-6-16/h1-3,5-6,8-11,18H,4,7,12-14,21H2,(H,22,24). The molecule has 3 N–H and O–H groups in total.